The summed E-state index contributed by atoms with van der Waals surface area (Å²) >= 11 is 0. The smallest absolute Gasteiger partial charge is 0.344 e. The third kappa shape index (κ3) is 3.55. The summed E-state index contributed by atoms with van der Waals surface area (Å²) < 4.78 is 10.1. The number of hydrogen-bond acceptors (Lipinski definition) is 7. The van der Waals surface area contributed by atoms with Gasteiger partial charge in [0.05, 0.1) is 6.07 Å². The molecule has 0 aliphatic carbocycles. The van der Waals surface area contributed by atoms with Crippen LogP contribution in [0, 0.1) is 29.6 Å². The third-order valence-corrected chi connectivity index (χ3v) is 3.34. The summed E-state index contributed by atoms with van der Waals surface area (Å²) in [6.07, 6.45) is 0. The Morgan fingerprint density at radius 1 is 1.38 bits per heavy atom. The summed E-state index contributed by atoms with van der Waals surface area (Å²) in [6.45, 7) is 2.33. The van der Waals surface area contributed by atoms with E-state index in [1.165, 1.54) is 6.92 Å². The van der Waals surface area contributed by atoms with Crippen LogP contribution in [0.3, 0.4) is 0 Å². The van der Waals surface area contributed by atoms with Crippen molar-refractivity contribution in [1.29, 1.82) is 10.7 Å². The van der Waals surface area contributed by atoms with Crippen molar-refractivity contribution in [3.8, 4) is 17.3 Å². The Bertz CT molecular complexity index is 818. The van der Waals surface area contributed by atoms with E-state index in [1.807, 2.05) is 6.07 Å². The molecule has 1 atom stereocenters. The van der Waals surface area contributed by atoms with Crippen LogP contribution in [0.4, 0.5) is 0 Å². The van der Waals surface area contributed by atoms with Gasteiger partial charge in [-0.05, 0) is 13.8 Å². The molecule has 1 N–H and O–H groups in total. The van der Waals surface area contributed by atoms with Crippen molar-refractivity contribution in [2.45, 2.75) is 13.8 Å². The minimum Gasteiger partial charge on any atom is -0.454 e. The largest absolute Gasteiger partial charge is 0.454 e. The number of aryl methyl sites for hydroxylation is 1. The van der Waals surface area contributed by atoms with E-state index in [2.05, 4.69) is 5.16 Å². The summed E-state index contributed by atoms with van der Waals surface area (Å²) in [4.78, 5) is 24.1. The Morgan fingerprint density at radius 2 is 2.04 bits per heavy atom. The van der Waals surface area contributed by atoms with Crippen molar-refractivity contribution in [3.63, 3.8) is 0 Å². The summed E-state index contributed by atoms with van der Waals surface area (Å²) in [5, 5.41) is 20.1. The highest BCUT2D eigenvalue weighted by Gasteiger charge is 2.26. The summed E-state index contributed by atoms with van der Waals surface area (Å²) in [6, 6.07) is 10.7. The van der Waals surface area contributed by atoms with Gasteiger partial charge < -0.3 is 14.7 Å². The first kappa shape index (κ1) is 17.1. The minimum absolute atomic E-state index is 0.0929. The van der Waals surface area contributed by atoms with Gasteiger partial charge >= 0.3 is 5.97 Å². The zero-order valence-electron chi connectivity index (χ0n) is 13.2. The Kier molecular flexibility index (Phi) is 5.22. The zero-order valence-corrected chi connectivity index (χ0v) is 13.2. The van der Waals surface area contributed by atoms with Gasteiger partial charge in [-0.3, -0.25) is 4.79 Å². The molecule has 1 aromatic heterocycles. The zero-order chi connectivity index (χ0) is 17.7. The molecule has 24 heavy (non-hydrogen) atoms. The molecule has 2 rings (SSSR count). The average molecular weight is 325 g/mol. The number of ether oxygens (including phenoxy) is 1. The van der Waals surface area contributed by atoms with Crippen LogP contribution in [0.5, 0.6) is 0 Å². The molecule has 7 heteroatoms. The number of nitriles is 1. The lowest BCUT2D eigenvalue weighted by molar-refractivity contribution is -0.122. The van der Waals surface area contributed by atoms with Gasteiger partial charge in [0.1, 0.15) is 22.9 Å². The summed E-state index contributed by atoms with van der Waals surface area (Å²) in [7, 11) is 0. The first-order valence-corrected chi connectivity index (χ1v) is 7.12. The van der Waals surface area contributed by atoms with Crippen molar-refractivity contribution in [2.24, 2.45) is 5.92 Å². The van der Waals surface area contributed by atoms with E-state index in [1.54, 1.807) is 37.3 Å². The van der Waals surface area contributed by atoms with Gasteiger partial charge in [-0.2, -0.15) is 5.26 Å². The van der Waals surface area contributed by atoms with Crippen molar-refractivity contribution in [3.05, 3.63) is 41.7 Å². The fraction of sp³-hybridized carbons (Fsp3) is 0.235. The van der Waals surface area contributed by atoms with Crippen LogP contribution in [-0.4, -0.2) is 29.2 Å². The van der Waals surface area contributed by atoms with Crippen molar-refractivity contribution in [2.75, 3.05) is 6.61 Å². The van der Waals surface area contributed by atoms with Crippen molar-refractivity contribution < 1.29 is 18.8 Å². The maximum atomic E-state index is 12.3. The Morgan fingerprint density at radius 3 is 2.62 bits per heavy atom. The Balaban J connectivity index is 2.17. The SMILES string of the molecule is CC(=N)[C@@H](C#N)C(=O)COC(=O)c1c(-c2ccccc2)noc1C. The minimum atomic E-state index is -1.21. The second-order valence-electron chi connectivity index (χ2n) is 5.12. The Hall–Kier alpha value is -3.27. The first-order chi connectivity index (χ1) is 11.5. The van der Waals surface area contributed by atoms with Crippen LogP contribution in [0.2, 0.25) is 0 Å². The molecule has 1 aromatic carbocycles. The molecule has 0 amide bonds. The molecule has 0 fully saturated rings. The van der Waals surface area contributed by atoms with Gasteiger partial charge in [0.15, 0.2) is 12.4 Å². The summed E-state index contributed by atoms with van der Waals surface area (Å²) in [5.74, 6) is -2.35. The van der Waals surface area contributed by atoms with E-state index in [-0.39, 0.29) is 17.0 Å². The monoisotopic (exact) mass is 325 g/mol. The fourth-order valence-corrected chi connectivity index (χ4v) is 2.11. The summed E-state index contributed by atoms with van der Waals surface area (Å²) in [5.41, 5.74) is 1.04. The molecule has 0 saturated heterocycles. The van der Waals surface area contributed by atoms with E-state index in [0.717, 1.165) is 0 Å². The van der Waals surface area contributed by atoms with Gasteiger partial charge in [0.2, 0.25) is 0 Å². The van der Waals surface area contributed by atoms with Crippen molar-refractivity contribution in [1.82, 2.24) is 5.16 Å². The molecule has 0 saturated carbocycles. The van der Waals surface area contributed by atoms with E-state index < -0.39 is 24.3 Å². The number of carbonyl (C=O) groups excluding carboxylic acids is 2. The maximum Gasteiger partial charge on any atom is 0.344 e. The highest BCUT2D eigenvalue weighted by atomic mass is 16.5. The molecule has 7 nitrogen and oxygen atoms in total. The van der Waals surface area contributed by atoms with Gasteiger partial charge in [0.25, 0.3) is 0 Å². The molecular formula is C17H15N3O4. The van der Waals surface area contributed by atoms with E-state index in [4.69, 9.17) is 19.9 Å². The first-order valence-electron chi connectivity index (χ1n) is 7.12. The van der Waals surface area contributed by atoms with E-state index >= 15 is 0 Å². The predicted octanol–water partition coefficient (Wildman–Crippen LogP) is 2.56. The van der Waals surface area contributed by atoms with Crippen LogP contribution in [0.15, 0.2) is 34.9 Å². The Labute approximate surface area is 138 Å². The molecular weight excluding hydrogens is 310 g/mol. The lowest BCUT2D eigenvalue weighted by Crippen LogP contribution is -2.25. The number of aromatic nitrogens is 1. The fourth-order valence-electron chi connectivity index (χ4n) is 2.11. The number of esters is 1. The molecule has 0 aliphatic heterocycles. The number of rotatable bonds is 6. The molecule has 0 bridgehead atoms. The molecule has 0 radical (unpaired) electrons. The van der Waals surface area contributed by atoms with E-state index in [9.17, 15) is 9.59 Å². The number of carbonyl (C=O) groups is 2. The highest BCUT2D eigenvalue weighted by Crippen LogP contribution is 2.25. The number of hydrogen-bond donors (Lipinski definition) is 1. The number of nitrogens with zero attached hydrogens (tertiary/aromatic N) is 2. The highest BCUT2D eigenvalue weighted by molar-refractivity contribution is 6.06. The second kappa shape index (κ2) is 7.33. The molecule has 0 aliphatic rings. The van der Waals surface area contributed by atoms with Gasteiger partial charge in [-0.25, -0.2) is 4.79 Å². The van der Waals surface area contributed by atoms with E-state index in [0.29, 0.717) is 11.3 Å². The molecule has 1 heterocycles. The van der Waals surface area contributed by atoms with Gasteiger partial charge in [-0.1, -0.05) is 35.5 Å². The van der Waals surface area contributed by atoms with Crippen LogP contribution < -0.4 is 0 Å². The maximum absolute atomic E-state index is 12.3. The topological polar surface area (TPSA) is 117 Å². The van der Waals surface area contributed by atoms with Gasteiger partial charge in [0, 0.05) is 11.3 Å². The molecule has 0 spiro atoms. The van der Waals surface area contributed by atoms with Crippen LogP contribution >= 0.6 is 0 Å². The predicted molar refractivity (Wildman–Crippen MR) is 84.5 cm³/mol. The van der Waals surface area contributed by atoms with Crippen molar-refractivity contribution >= 4 is 17.5 Å². The standard InChI is InChI=1S/C17H15N3O4/c1-10(19)13(8-18)14(21)9-23-17(22)15-11(2)24-20-16(15)12-6-4-3-5-7-12/h3-7,13,19H,9H2,1-2H3/t13-/m1/s1. The lowest BCUT2D eigenvalue weighted by atomic mass is 10.0. The molecule has 122 valence electrons. The van der Waals surface area contributed by atoms with Crippen LogP contribution in [0.25, 0.3) is 11.3 Å². The van der Waals surface area contributed by atoms with Gasteiger partial charge in [-0.15, -0.1) is 0 Å². The number of benzene rings is 1. The normalized spacial score (nSPS) is 11.4. The quantitative estimate of drug-likeness (QED) is 0.644. The molecule has 2 aromatic rings. The number of ketones is 1. The average Bonchev–Trinajstić information content (AvgIpc) is 2.95. The van der Waals surface area contributed by atoms with Crippen LogP contribution in [-0.2, 0) is 9.53 Å². The second-order valence-corrected chi connectivity index (χ2v) is 5.12. The third-order valence-electron chi connectivity index (χ3n) is 3.34. The lowest BCUT2D eigenvalue weighted by Gasteiger charge is -2.07. The number of Topliss-reactive ketones (excluding diaryl/α,β-unsaturated/α-hetero) is 1. The molecule has 0 unspecified atom stereocenters. The number of nitrogens with one attached hydrogen (secondary N) is 1. The van der Waals surface area contributed by atoms with Crippen LogP contribution in [0.1, 0.15) is 23.0 Å².